The zero-order valence-corrected chi connectivity index (χ0v) is 14.4. The number of nitrogens with zero attached hydrogens (tertiary/aromatic N) is 1. The number of hydrogen-bond donors (Lipinski definition) is 1. The van der Waals surface area contributed by atoms with Crippen molar-refractivity contribution in [2.24, 2.45) is 0 Å². The lowest BCUT2D eigenvalue weighted by atomic mass is 10.1. The number of amides is 2. The number of anilines is 1. The van der Waals surface area contributed by atoms with Crippen LogP contribution in [-0.2, 0) is 0 Å². The molecular weight excluding hydrogens is 327 g/mol. The molecule has 7 heteroatoms. The van der Waals surface area contributed by atoms with E-state index >= 15 is 0 Å². The van der Waals surface area contributed by atoms with Gasteiger partial charge in [0.25, 0.3) is 11.8 Å². The van der Waals surface area contributed by atoms with Gasteiger partial charge in [-0.2, -0.15) is 0 Å². The normalized spacial score (nSPS) is 10.1. The fourth-order valence-electron chi connectivity index (χ4n) is 2.22. The maximum atomic E-state index is 13.3. The van der Waals surface area contributed by atoms with E-state index in [-0.39, 0.29) is 22.7 Å². The maximum absolute atomic E-state index is 13.3. The molecule has 0 aliphatic heterocycles. The Bertz CT molecular complexity index is 806. The highest BCUT2D eigenvalue weighted by atomic mass is 19.1. The molecule has 0 bridgehead atoms. The van der Waals surface area contributed by atoms with Crippen LogP contribution in [0.2, 0.25) is 0 Å². The van der Waals surface area contributed by atoms with Crippen molar-refractivity contribution >= 4 is 17.5 Å². The third kappa shape index (κ3) is 4.06. The summed E-state index contributed by atoms with van der Waals surface area (Å²) in [4.78, 5) is 26.2. The number of carbonyl (C=O) groups is 2. The maximum Gasteiger partial charge on any atom is 0.255 e. The van der Waals surface area contributed by atoms with Gasteiger partial charge in [0.15, 0.2) is 11.5 Å². The Morgan fingerprint density at radius 3 is 2.24 bits per heavy atom. The summed E-state index contributed by atoms with van der Waals surface area (Å²) in [5, 5.41) is 2.63. The summed E-state index contributed by atoms with van der Waals surface area (Å²) in [7, 11) is 6.09. The highest BCUT2D eigenvalue weighted by Crippen LogP contribution is 2.34. The fraction of sp³-hybridized carbons (Fsp3) is 0.222. The zero-order valence-electron chi connectivity index (χ0n) is 14.4. The molecule has 0 heterocycles. The van der Waals surface area contributed by atoms with Gasteiger partial charge in [0, 0.05) is 25.7 Å². The second kappa shape index (κ2) is 7.65. The number of rotatable bonds is 5. The largest absolute Gasteiger partial charge is 0.493 e. The first-order valence-corrected chi connectivity index (χ1v) is 7.42. The molecule has 0 saturated heterocycles. The van der Waals surface area contributed by atoms with Crippen molar-refractivity contribution in [3.05, 3.63) is 53.3 Å². The van der Waals surface area contributed by atoms with Gasteiger partial charge in [-0.05, 0) is 24.3 Å². The molecule has 0 unspecified atom stereocenters. The van der Waals surface area contributed by atoms with Gasteiger partial charge in [-0.1, -0.05) is 6.07 Å². The van der Waals surface area contributed by atoms with Crippen molar-refractivity contribution in [3.63, 3.8) is 0 Å². The van der Waals surface area contributed by atoms with E-state index in [4.69, 9.17) is 9.47 Å². The highest BCUT2D eigenvalue weighted by Gasteiger charge is 2.20. The average Bonchev–Trinajstić information content (AvgIpc) is 2.60. The Balaban J connectivity index is 2.47. The highest BCUT2D eigenvalue weighted by molar-refractivity contribution is 6.09. The molecule has 0 aliphatic rings. The Kier molecular flexibility index (Phi) is 5.59. The number of nitrogens with one attached hydrogen (secondary N) is 1. The molecule has 0 saturated carbocycles. The van der Waals surface area contributed by atoms with Crippen molar-refractivity contribution in [1.82, 2.24) is 4.90 Å². The van der Waals surface area contributed by atoms with Gasteiger partial charge in [0.2, 0.25) is 0 Å². The molecular formula is C18H19FN2O4. The predicted molar refractivity (Wildman–Crippen MR) is 91.9 cm³/mol. The van der Waals surface area contributed by atoms with Gasteiger partial charge in [-0.25, -0.2) is 4.39 Å². The van der Waals surface area contributed by atoms with E-state index in [0.717, 1.165) is 6.07 Å². The topological polar surface area (TPSA) is 67.9 Å². The van der Waals surface area contributed by atoms with E-state index in [2.05, 4.69) is 5.32 Å². The Hall–Kier alpha value is -3.09. The average molecular weight is 346 g/mol. The number of benzene rings is 2. The molecule has 0 aliphatic carbocycles. The van der Waals surface area contributed by atoms with Crippen LogP contribution in [0.25, 0.3) is 0 Å². The van der Waals surface area contributed by atoms with Gasteiger partial charge in [-0.3, -0.25) is 9.59 Å². The molecule has 132 valence electrons. The van der Waals surface area contributed by atoms with Gasteiger partial charge < -0.3 is 19.7 Å². The van der Waals surface area contributed by atoms with Crippen LogP contribution in [-0.4, -0.2) is 45.0 Å². The van der Waals surface area contributed by atoms with Gasteiger partial charge in [-0.15, -0.1) is 0 Å². The third-order valence-corrected chi connectivity index (χ3v) is 3.50. The van der Waals surface area contributed by atoms with Crippen LogP contribution in [0, 0.1) is 5.82 Å². The van der Waals surface area contributed by atoms with Crippen LogP contribution in [0.1, 0.15) is 20.7 Å². The molecule has 2 amide bonds. The Morgan fingerprint density at radius 2 is 1.68 bits per heavy atom. The summed E-state index contributed by atoms with van der Waals surface area (Å²) in [6.07, 6.45) is 0. The van der Waals surface area contributed by atoms with Gasteiger partial charge >= 0.3 is 0 Å². The summed E-state index contributed by atoms with van der Waals surface area (Å²) >= 11 is 0. The molecule has 0 atom stereocenters. The molecule has 0 radical (unpaired) electrons. The Labute approximate surface area is 145 Å². The molecule has 6 nitrogen and oxygen atoms in total. The van der Waals surface area contributed by atoms with E-state index in [1.54, 1.807) is 14.1 Å². The second-order valence-corrected chi connectivity index (χ2v) is 5.42. The summed E-state index contributed by atoms with van der Waals surface area (Å²) in [6.45, 7) is 0. The van der Waals surface area contributed by atoms with Crippen molar-refractivity contribution in [3.8, 4) is 11.5 Å². The second-order valence-electron chi connectivity index (χ2n) is 5.42. The molecule has 2 aromatic rings. The van der Waals surface area contributed by atoms with Crippen LogP contribution in [0.4, 0.5) is 10.1 Å². The molecule has 1 N–H and O–H groups in total. The first kappa shape index (κ1) is 18.3. The predicted octanol–water partition coefficient (Wildman–Crippen LogP) is 2.80. The molecule has 25 heavy (non-hydrogen) atoms. The van der Waals surface area contributed by atoms with Crippen molar-refractivity contribution in [2.45, 2.75) is 0 Å². The summed E-state index contributed by atoms with van der Waals surface area (Å²) in [6, 6.07) is 8.25. The van der Waals surface area contributed by atoms with E-state index in [9.17, 15) is 14.0 Å². The number of methoxy groups -OCH3 is 2. The SMILES string of the molecule is COc1cc(NC(=O)c2cccc(F)c2)c(C(=O)N(C)C)cc1OC. The molecule has 2 aromatic carbocycles. The lowest BCUT2D eigenvalue weighted by Gasteiger charge is -2.18. The van der Waals surface area contributed by atoms with E-state index in [1.807, 2.05) is 0 Å². The van der Waals surface area contributed by atoms with Crippen molar-refractivity contribution in [2.75, 3.05) is 33.6 Å². The number of hydrogen-bond acceptors (Lipinski definition) is 4. The van der Waals surface area contributed by atoms with Crippen LogP contribution < -0.4 is 14.8 Å². The Morgan fingerprint density at radius 1 is 1.04 bits per heavy atom. The van der Waals surface area contributed by atoms with Crippen LogP contribution in [0.15, 0.2) is 36.4 Å². The van der Waals surface area contributed by atoms with Crippen LogP contribution >= 0.6 is 0 Å². The minimum absolute atomic E-state index is 0.137. The summed E-state index contributed by atoms with van der Waals surface area (Å²) < 4.78 is 23.7. The smallest absolute Gasteiger partial charge is 0.255 e. The first-order valence-electron chi connectivity index (χ1n) is 7.42. The number of carbonyl (C=O) groups excluding carboxylic acids is 2. The minimum atomic E-state index is -0.542. The van der Waals surface area contributed by atoms with E-state index in [1.165, 1.54) is 49.5 Å². The molecule has 2 rings (SSSR count). The van der Waals surface area contributed by atoms with Crippen LogP contribution in [0.3, 0.4) is 0 Å². The minimum Gasteiger partial charge on any atom is -0.493 e. The van der Waals surface area contributed by atoms with Crippen molar-refractivity contribution in [1.29, 1.82) is 0 Å². The summed E-state index contributed by atoms with van der Waals surface area (Å²) in [5.74, 6) is -0.677. The standard InChI is InChI=1S/C18H19FN2O4/c1-21(2)18(23)13-9-15(24-3)16(25-4)10-14(13)20-17(22)11-6-5-7-12(19)8-11/h5-10H,1-4H3,(H,20,22). The lowest BCUT2D eigenvalue weighted by molar-refractivity contribution is 0.0828. The molecule has 0 spiro atoms. The van der Waals surface area contributed by atoms with E-state index in [0.29, 0.717) is 11.5 Å². The summed E-state index contributed by atoms with van der Waals surface area (Å²) in [5.41, 5.74) is 0.607. The van der Waals surface area contributed by atoms with Gasteiger partial charge in [0.1, 0.15) is 5.82 Å². The number of ether oxygens (including phenoxy) is 2. The van der Waals surface area contributed by atoms with Gasteiger partial charge in [0.05, 0.1) is 25.5 Å². The van der Waals surface area contributed by atoms with Crippen molar-refractivity contribution < 1.29 is 23.5 Å². The van der Waals surface area contributed by atoms with E-state index < -0.39 is 11.7 Å². The monoisotopic (exact) mass is 346 g/mol. The molecule has 0 aromatic heterocycles. The quantitative estimate of drug-likeness (QED) is 0.904. The third-order valence-electron chi connectivity index (χ3n) is 3.50. The lowest BCUT2D eigenvalue weighted by Crippen LogP contribution is -2.24. The first-order chi connectivity index (χ1) is 11.9. The molecule has 0 fully saturated rings. The zero-order chi connectivity index (χ0) is 18.6. The van der Waals surface area contributed by atoms with Crippen LogP contribution in [0.5, 0.6) is 11.5 Å². The number of halogens is 1. The fourth-order valence-corrected chi connectivity index (χ4v) is 2.22.